The zero-order chi connectivity index (χ0) is 14.4. The van der Waals surface area contributed by atoms with Gasteiger partial charge in [-0.15, -0.1) is 0 Å². The van der Waals surface area contributed by atoms with Crippen LogP contribution < -0.4 is 0 Å². The van der Waals surface area contributed by atoms with E-state index in [0.717, 1.165) is 12.8 Å². The second-order valence-corrected chi connectivity index (χ2v) is 5.85. The quantitative estimate of drug-likeness (QED) is 0.820. The molecule has 0 spiro atoms. The topological polar surface area (TPSA) is 40.5 Å². The number of rotatable bonds is 6. The maximum atomic E-state index is 12.3. The molecular weight excluding hydrogens is 274 g/mol. The molecule has 0 radical (unpaired) electrons. The van der Waals surface area contributed by atoms with E-state index >= 15 is 0 Å². The summed E-state index contributed by atoms with van der Waals surface area (Å²) in [5.41, 5.74) is 0.688. The van der Waals surface area contributed by atoms with Crippen molar-refractivity contribution in [1.29, 1.82) is 0 Å². The number of hydrogen-bond acceptors (Lipinski definition) is 3. The first-order chi connectivity index (χ1) is 9.70. The Morgan fingerprint density at radius 3 is 2.45 bits per heavy atom. The molecule has 0 aliphatic heterocycles. The number of ketones is 1. The first-order valence-electron chi connectivity index (χ1n) is 7.34. The number of aliphatic hydroxyl groups excluding tert-OH is 1. The average molecular weight is 296 g/mol. The zero-order valence-electron chi connectivity index (χ0n) is 11.7. The lowest BCUT2D eigenvalue weighted by Gasteiger charge is -2.33. The van der Waals surface area contributed by atoms with Crippen LogP contribution in [0.5, 0.6) is 0 Å². The van der Waals surface area contributed by atoms with E-state index in [0.29, 0.717) is 29.7 Å². The molecule has 0 bridgehead atoms. The Balaban J connectivity index is 1.99. The summed E-state index contributed by atoms with van der Waals surface area (Å²) in [4.78, 5) is 14.5. The van der Waals surface area contributed by atoms with Gasteiger partial charge < -0.3 is 5.11 Å². The van der Waals surface area contributed by atoms with Gasteiger partial charge in [0, 0.05) is 23.2 Å². The maximum absolute atomic E-state index is 12.3. The van der Waals surface area contributed by atoms with Gasteiger partial charge in [0.25, 0.3) is 0 Å². The van der Waals surface area contributed by atoms with Gasteiger partial charge in [-0.3, -0.25) is 9.69 Å². The number of Topliss-reactive ketones (excluding diaryl/α,β-unsaturated/α-hetero) is 1. The third-order valence-electron chi connectivity index (χ3n) is 3.99. The lowest BCUT2D eigenvalue weighted by Crippen LogP contribution is -2.41. The van der Waals surface area contributed by atoms with Crippen molar-refractivity contribution in [1.82, 2.24) is 4.90 Å². The Hall–Kier alpha value is -0.900. The van der Waals surface area contributed by atoms with E-state index in [2.05, 4.69) is 4.90 Å². The lowest BCUT2D eigenvalue weighted by molar-refractivity contribution is 0.0815. The highest BCUT2D eigenvalue weighted by Crippen LogP contribution is 2.22. The van der Waals surface area contributed by atoms with Crippen molar-refractivity contribution in [2.45, 2.75) is 38.1 Å². The van der Waals surface area contributed by atoms with E-state index in [1.807, 2.05) is 0 Å². The second kappa shape index (κ2) is 7.77. The highest BCUT2D eigenvalue weighted by atomic mass is 35.5. The van der Waals surface area contributed by atoms with Crippen LogP contribution in [0.4, 0.5) is 0 Å². The summed E-state index contributed by atoms with van der Waals surface area (Å²) in [5, 5.41) is 9.86. The van der Waals surface area contributed by atoms with Gasteiger partial charge in [-0.2, -0.15) is 0 Å². The van der Waals surface area contributed by atoms with E-state index in [1.54, 1.807) is 24.3 Å². The van der Waals surface area contributed by atoms with E-state index in [1.165, 1.54) is 19.3 Å². The van der Waals surface area contributed by atoms with Crippen molar-refractivity contribution in [3.8, 4) is 0 Å². The molecule has 1 aliphatic rings. The van der Waals surface area contributed by atoms with Crippen LogP contribution >= 0.6 is 11.6 Å². The largest absolute Gasteiger partial charge is 0.395 e. The highest BCUT2D eigenvalue weighted by molar-refractivity contribution is 6.30. The molecule has 2 rings (SSSR count). The number of carbonyl (C=O) groups is 1. The molecule has 0 amide bonds. The summed E-state index contributed by atoms with van der Waals surface area (Å²) >= 11 is 5.84. The number of aliphatic hydroxyl groups is 1. The Bertz CT molecular complexity index is 427. The van der Waals surface area contributed by atoms with Crippen LogP contribution in [0.25, 0.3) is 0 Å². The van der Waals surface area contributed by atoms with E-state index < -0.39 is 0 Å². The number of halogens is 1. The van der Waals surface area contributed by atoms with Gasteiger partial charge in [0.1, 0.15) is 0 Å². The predicted octanol–water partition coefficient (Wildman–Crippen LogP) is 3.15. The molecule has 0 heterocycles. The molecule has 1 aromatic carbocycles. The van der Waals surface area contributed by atoms with Crippen LogP contribution in [0.15, 0.2) is 24.3 Å². The minimum atomic E-state index is 0.0979. The fourth-order valence-electron chi connectivity index (χ4n) is 2.88. The van der Waals surface area contributed by atoms with Crippen molar-refractivity contribution in [2.75, 3.05) is 19.7 Å². The van der Waals surface area contributed by atoms with Crippen LogP contribution in [0, 0.1) is 0 Å². The Kier molecular flexibility index (Phi) is 6.02. The smallest absolute Gasteiger partial charge is 0.176 e. The molecule has 3 nitrogen and oxygen atoms in total. The fourth-order valence-corrected chi connectivity index (χ4v) is 3.00. The number of carbonyl (C=O) groups excluding carboxylic acids is 1. The fraction of sp³-hybridized carbons (Fsp3) is 0.562. The SMILES string of the molecule is O=C(CN(CCO)C1CCCCC1)c1ccc(Cl)cc1. The molecule has 1 saturated carbocycles. The molecule has 1 fully saturated rings. The molecule has 0 unspecified atom stereocenters. The first kappa shape index (κ1) is 15.5. The third kappa shape index (κ3) is 4.30. The molecule has 4 heteroatoms. The molecular formula is C16H22ClNO2. The van der Waals surface area contributed by atoms with Gasteiger partial charge in [-0.1, -0.05) is 30.9 Å². The molecule has 1 aliphatic carbocycles. The van der Waals surface area contributed by atoms with Gasteiger partial charge in [0.2, 0.25) is 0 Å². The van der Waals surface area contributed by atoms with Gasteiger partial charge in [0.15, 0.2) is 5.78 Å². The van der Waals surface area contributed by atoms with Crippen LogP contribution in [0.3, 0.4) is 0 Å². The number of benzene rings is 1. The molecule has 20 heavy (non-hydrogen) atoms. The van der Waals surface area contributed by atoms with Crippen LogP contribution in [0.2, 0.25) is 5.02 Å². The van der Waals surface area contributed by atoms with Gasteiger partial charge in [-0.25, -0.2) is 0 Å². The van der Waals surface area contributed by atoms with Gasteiger partial charge >= 0.3 is 0 Å². The maximum Gasteiger partial charge on any atom is 0.176 e. The first-order valence-corrected chi connectivity index (χ1v) is 7.72. The zero-order valence-corrected chi connectivity index (χ0v) is 12.5. The summed E-state index contributed by atoms with van der Waals surface area (Å²) in [7, 11) is 0. The predicted molar refractivity (Wildman–Crippen MR) is 81.3 cm³/mol. The molecule has 0 saturated heterocycles. The average Bonchev–Trinajstić information content (AvgIpc) is 2.48. The van der Waals surface area contributed by atoms with E-state index in [-0.39, 0.29) is 12.4 Å². The van der Waals surface area contributed by atoms with E-state index in [4.69, 9.17) is 11.6 Å². The summed E-state index contributed by atoms with van der Waals surface area (Å²) < 4.78 is 0. The van der Waals surface area contributed by atoms with Crippen molar-refractivity contribution in [3.63, 3.8) is 0 Å². The molecule has 1 aromatic rings. The minimum Gasteiger partial charge on any atom is -0.395 e. The monoisotopic (exact) mass is 295 g/mol. The molecule has 0 aromatic heterocycles. The summed E-state index contributed by atoms with van der Waals surface area (Å²) in [6.07, 6.45) is 6.00. The van der Waals surface area contributed by atoms with Crippen LogP contribution in [-0.2, 0) is 0 Å². The lowest BCUT2D eigenvalue weighted by atomic mass is 9.94. The van der Waals surface area contributed by atoms with Crippen molar-refractivity contribution < 1.29 is 9.90 Å². The summed E-state index contributed by atoms with van der Waals surface area (Å²) in [6.45, 7) is 1.06. The molecule has 110 valence electrons. The normalized spacial score (nSPS) is 16.6. The summed E-state index contributed by atoms with van der Waals surface area (Å²) in [5.74, 6) is 0.0979. The standard InChI is InChI=1S/C16H22ClNO2/c17-14-8-6-13(7-9-14)16(20)12-18(10-11-19)15-4-2-1-3-5-15/h6-9,15,19H,1-5,10-12H2. The Morgan fingerprint density at radius 1 is 1.20 bits per heavy atom. The highest BCUT2D eigenvalue weighted by Gasteiger charge is 2.23. The third-order valence-corrected chi connectivity index (χ3v) is 4.24. The molecule has 0 atom stereocenters. The van der Waals surface area contributed by atoms with E-state index in [9.17, 15) is 9.90 Å². The van der Waals surface area contributed by atoms with Crippen LogP contribution in [-0.4, -0.2) is 41.5 Å². The number of nitrogens with zero attached hydrogens (tertiary/aromatic N) is 1. The second-order valence-electron chi connectivity index (χ2n) is 5.42. The number of hydrogen-bond donors (Lipinski definition) is 1. The Labute approximate surface area is 125 Å². The van der Waals surface area contributed by atoms with Crippen molar-refractivity contribution in [2.24, 2.45) is 0 Å². The minimum absolute atomic E-state index is 0.0979. The Morgan fingerprint density at radius 2 is 1.85 bits per heavy atom. The summed E-state index contributed by atoms with van der Waals surface area (Å²) in [6, 6.07) is 7.45. The van der Waals surface area contributed by atoms with Crippen LogP contribution in [0.1, 0.15) is 42.5 Å². The molecule has 1 N–H and O–H groups in total. The van der Waals surface area contributed by atoms with Crippen molar-refractivity contribution in [3.05, 3.63) is 34.9 Å². The van der Waals surface area contributed by atoms with Gasteiger partial charge in [0.05, 0.1) is 13.2 Å². The van der Waals surface area contributed by atoms with Gasteiger partial charge in [-0.05, 0) is 37.1 Å². The van der Waals surface area contributed by atoms with Crippen molar-refractivity contribution >= 4 is 17.4 Å².